The zero-order valence-electron chi connectivity index (χ0n) is 15.6. The zero-order chi connectivity index (χ0) is 17.5. The predicted molar refractivity (Wildman–Crippen MR) is 109 cm³/mol. The van der Waals surface area contributed by atoms with Crippen LogP contribution >= 0.6 is 0 Å². The van der Waals surface area contributed by atoms with Crippen molar-refractivity contribution in [3.05, 3.63) is 90.0 Å². The van der Waals surface area contributed by atoms with Crippen molar-refractivity contribution in [1.29, 1.82) is 0 Å². The van der Waals surface area contributed by atoms with Crippen molar-refractivity contribution in [1.82, 2.24) is 0 Å². The van der Waals surface area contributed by atoms with Crippen LogP contribution in [0.1, 0.15) is 30.5 Å². The number of allylic oxidation sites excluding steroid dienone is 4. The molecule has 1 unspecified atom stereocenters. The minimum atomic E-state index is -0.339. The van der Waals surface area contributed by atoms with Crippen LogP contribution in [-0.4, -0.2) is 8.80 Å². The molecule has 1 atom stereocenters. The Kier molecular flexibility index (Phi) is 9.13. The normalized spacial score (nSPS) is 15.1. The molecule has 0 fully saturated rings. The van der Waals surface area contributed by atoms with Crippen LogP contribution in [0.3, 0.4) is 0 Å². The number of rotatable bonds is 3. The molecule has 1 radical (unpaired) electrons. The van der Waals surface area contributed by atoms with Gasteiger partial charge in [0.05, 0.1) is 8.80 Å². The van der Waals surface area contributed by atoms with E-state index in [0.29, 0.717) is 5.54 Å². The summed E-state index contributed by atoms with van der Waals surface area (Å²) < 4.78 is 0. The molecule has 2 heteroatoms. The molecule has 0 saturated carbocycles. The average molecular weight is 378 g/mol. The van der Waals surface area contributed by atoms with Gasteiger partial charge in [0, 0.05) is 21.7 Å². The first-order valence-electron chi connectivity index (χ1n) is 8.43. The van der Waals surface area contributed by atoms with Crippen molar-refractivity contribution in [3.63, 3.8) is 0 Å². The Balaban J connectivity index is 0.000000462. The molecule has 0 spiro atoms. The molecule has 0 aliphatic heterocycles. The summed E-state index contributed by atoms with van der Waals surface area (Å²) in [6, 6.07) is 17.5. The summed E-state index contributed by atoms with van der Waals surface area (Å²) in [5, 5.41) is 0. The number of benzene rings is 2. The standard InChI is InChI=1S/C18H19Si.C5H7.Ti/c1-13-12-17-15(14-8-5-4-6-9-14)10-7-11-16(17)18(13)19(2)3;1-3-5-4-2;/h4-12,18H,1-3H3;1,3-5H,2H3;/q;-1;. The fourth-order valence-electron chi connectivity index (χ4n) is 3.30. The van der Waals surface area contributed by atoms with Gasteiger partial charge in [0.1, 0.15) is 0 Å². The molecule has 0 amide bonds. The average Bonchev–Trinajstić information content (AvgIpc) is 2.93. The fraction of sp³-hybridized carbons (Fsp3) is 0.217. The van der Waals surface area contributed by atoms with Gasteiger partial charge in [0.25, 0.3) is 0 Å². The summed E-state index contributed by atoms with van der Waals surface area (Å²) in [4.78, 5) is 0. The maximum absolute atomic E-state index is 4.93. The number of fused-ring (bicyclic) bond motifs is 1. The first kappa shape index (κ1) is 21.6. The Morgan fingerprint density at radius 2 is 1.68 bits per heavy atom. The molecular weight excluding hydrogens is 352 g/mol. The molecule has 2 aromatic carbocycles. The molecule has 0 N–H and O–H groups in total. The SMILES string of the molecule is CC1=Cc2c(-c3ccccc3)cccc2C1[Si](C)C.[CH-]=CC=CC.[Ti]. The third-order valence-electron chi connectivity index (χ3n) is 4.24. The zero-order valence-corrected chi connectivity index (χ0v) is 18.1. The Hall–Kier alpha value is -1.41. The van der Waals surface area contributed by atoms with Gasteiger partial charge in [-0.1, -0.05) is 80.2 Å². The van der Waals surface area contributed by atoms with Crippen molar-refractivity contribution in [3.8, 4) is 11.1 Å². The van der Waals surface area contributed by atoms with Gasteiger partial charge < -0.3 is 0 Å². The van der Waals surface area contributed by atoms with E-state index in [4.69, 9.17) is 6.58 Å². The summed E-state index contributed by atoms with van der Waals surface area (Å²) in [5.74, 6) is 0. The second-order valence-electron chi connectivity index (χ2n) is 6.29. The van der Waals surface area contributed by atoms with Gasteiger partial charge in [0.2, 0.25) is 0 Å². The van der Waals surface area contributed by atoms with Crippen molar-refractivity contribution in [2.24, 2.45) is 0 Å². The summed E-state index contributed by atoms with van der Waals surface area (Å²) in [6.45, 7) is 14.0. The second-order valence-corrected chi connectivity index (χ2v) is 9.02. The van der Waals surface area contributed by atoms with Crippen molar-refractivity contribution in [2.75, 3.05) is 0 Å². The van der Waals surface area contributed by atoms with E-state index in [1.165, 1.54) is 33.9 Å². The Labute approximate surface area is 169 Å². The summed E-state index contributed by atoms with van der Waals surface area (Å²) in [5.41, 5.74) is 7.91. The quantitative estimate of drug-likeness (QED) is 0.317. The maximum Gasteiger partial charge on any atom is 0.0551 e. The van der Waals surface area contributed by atoms with E-state index in [2.05, 4.69) is 74.6 Å². The van der Waals surface area contributed by atoms with Crippen LogP contribution < -0.4 is 0 Å². The third kappa shape index (κ3) is 5.28. The largest absolute Gasteiger partial charge is 0.293 e. The molecule has 0 heterocycles. The van der Waals surface area contributed by atoms with Crippen LogP contribution in [0.5, 0.6) is 0 Å². The van der Waals surface area contributed by atoms with Gasteiger partial charge in [-0.05, 0) is 34.7 Å². The van der Waals surface area contributed by atoms with Crippen LogP contribution in [0.2, 0.25) is 13.1 Å². The van der Waals surface area contributed by atoms with E-state index in [1.807, 2.05) is 13.0 Å². The Morgan fingerprint density at radius 3 is 2.20 bits per heavy atom. The third-order valence-corrected chi connectivity index (χ3v) is 6.16. The molecule has 0 aromatic heterocycles. The minimum absolute atomic E-state index is 0. The molecule has 127 valence electrons. The Morgan fingerprint density at radius 1 is 1.00 bits per heavy atom. The first-order valence-corrected chi connectivity index (χ1v) is 11.0. The summed E-state index contributed by atoms with van der Waals surface area (Å²) in [7, 11) is -0.339. The van der Waals surface area contributed by atoms with E-state index >= 15 is 0 Å². The van der Waals surface area contributed by atoms with Gasteiger partial charge in [-0.3, -0.25) is 6.58 Å². The van der Waals surface area contributed by atoms with Crippen molar-refractivity contribution in [2.45, 2.75) is 32.5 Å². The van der Waals surface area contributed by atoms with Crippen LogP contribution in [0.4, 0.5) is 0 Å². The smallest absolute Gasteiger partial charge is 0.0551 e. The van der Waals surface area contributed by atoms with Crippen LogP contribution in [0.15, 0.2) is 72.3 Å². The number of hydrogen-bond donors (Lipinski definition) is 0. The summed E-state index contributed by atoms with van der Waals surface area (Å²) in [6.07, 6.45) is 7.56. The molecule has 25 heavy (non-hydrogen) atoms. The molecule has 1 aliphatic carbocycles. The van der Waals surface area contributed by atoms with Crippen molar-refractivity contribution < 1.29 is 21.7 Å². The Bertz CT molecular complexity index is 742. The maximum atomic E-state index is 4.93. The van der Waals surface area contributed by atoms with E-state index in [0.717, 1.165) is 0 Å². The predicted octanol–water partition coefficient (Wildman–Crippen LogP) is 6.70. The minimum Gasteiger partial charge on any atom is -0.293 e. The van der Waals surface area contributed by atoms with Gasteiger partial charge in [-0.2, -0.15) is 6.08 Å². The van der Waals surface area contributed by atoms with Gasteiger partial charge in [-0.15, -0.1) is 0 Å². The van der Waals surface area contributed by atoms with Gasteiger partial charge in [0.15, 0.2) is 0 Å². The molecule has 1 aliphatic rings. The topological polar surface area (TPSA) is 0 Å². The molecule has 2 aromatic rings. The summed E-state index contributed by atoms with van der Waals surface area (Å²) >= 11 is 0. The van der Waals surface area contributed by atoms with Crippen LogP contribution in [0.25, 0.3) is 17.2 Å². The van der Waals surface area contributed by atoms with E-state index in [1.54, 1.807) is 6.08 Å². The molecule has 0 bridgehead atoms. The van der Waals surface area contributed by atoms with Crippen LogP contribution in [0, 0.1) is 6.58 Å². The molecular formula is C23H26SiTi-. The van der Waals surface area contributed by atoms with E-state index in [-0.39, 0.29) is 30.5 Å². The molecule has 0 nitrogen and oxygen atoms in total. The molecule has 0 saturated heterocycles. The molecule has 3 rings (SSSR count). The fourth-order valence-corrected chi connectivity index (χ4v) is 5.17. The monoisotopic (exact) mass is 378 g/mol. The van der Waals surface area contributed by atoms with Crippen molar-refractivity contribution >= 4 is 14.9 Å². The van der Waals surface area contributed by atoms with Gasteiger partial charge >= 0.3 is 0 Å². The second kappa shape index (κ2) is 10.6. The van der Waals surface area contributed by atoms with E-state index in [9.17, 15) is 0 Å². The van der Waals surface area contributed by atoms with E-state index < -0.39 is 0 Å². The van der Waals surface area contributed by atoms with Crippen LogP contribution in [-0.2, 0) is 21.7 Å². The van der Waals surface area contributed by atoms with Gasteiger partial charge in [-0.25, -0.2) is 12.2 Å². The number of hydrogen-bond acceptors (Lipinski definition) is 0. The first-order chi connectivity index (χ1) is 11.6.